The molecule has 1 aromatic carbocycles. The van der Waals surface area contributed by atoms with Crippen LogP contribution in [0.15, 0.2) is 24.3 Å². The lowest BCUT2D eigenvalue weighted by atomic mass is 9.89. The molecule has 166 valence electrons. The molecule has 3 aliphatic rings. The number of benzene rings is 1. The van der Waals surface area contributed by atoms with Crippen LogP contribution >= 0.6 is 22.9 Å². The molecule has 5 nitrogen and oxygen atoms in total. The maximum Gasteiger partial charge on any atom is 0.254 e. The second-order valence-electron chi connectivity index (χ2n) is 9.50. The molecule has 3 heterocycles. The van der Waals surface area contributed by atoms with Crippen molar-refractivity contribution in [3.05, 3.63) is 51.1 Å². The van der Waals surface area contributed by atoms with E-state index in [2.05, 4.69) is 11.8 Å². The van der Waals surface area contributed by atoms with Crippen LogP contribution in [0.1, 0.15) is 58.7 Å². The summed E-state index contributed by atoms with van der Waals surface area (Å²) in [7, 11) is 0. The standard InChI is InChI=1S/C25H27ClN4OS/c1-15-5-8-19-20(13-15)32-24-21(19)23(27-22(28-24)16-6-7-16)29-9-11-30(12-10-29)25(31)17-3-2-4-18(26)14-17/h2-4,14-16H,5-13H2,1H3. The number of thiophene rings is 1. The quantitative estimate of drug-likeness (QED) is 0.525. The highest BCUT2D eigenvalue weighted by Gasteiger charge is 2.32. The lowest BCUT2D eigenvalue weighted by Gasteiger charge is -2.36. The van der Waals surface area contributed by atoms with E-state index in [1.54, 1.807) is 12.1 Å². The summed E-state index contributed by atoms with van der Waals surface area (Å²) in [6, 6.07) is 7.24. The number of carbonyl (C=O) groups excluding carboxylic acids is 1. The molecule has 0 spiro atoms. The molecule has 1 amide bonds. The van der Waals surface area contributed by atoms with Crippen molar-refractivity contribution < 1.29 is 4.79 Å². The molecule has 1 saturated heterocycles. The molecule has 3 aromatic rings. The Morgan fingerprint density at radius 2 is 1.94 bits per heavy atom. The Morgan fingerprint density at radius 3 is 2.69 bits per heavy atom. The molecule has 7 heteroatoms. The number of rotatable bonds is 3. The van der Waals surface area contributed by atoms with Crippen LogP contribution in [0.2, 0.25) is 5.02 Å². The third kappa shape index (κ3) is 3.67. The van der Waals surface area contributed by atoms with Crippen molar-refractivity contribution in [1.29, 1.82) is 0 Å². The number of piperazine rings is 1. The van der Waals surface area contributed by atoms with Gasteiger partial charge in [0.15, 0.2) is 0 Å². The molecule has 1 unspecified atom stereocenters. The van der Waals surface area contributed by atoms with E-state index >= 15 is 0 Å². The van der Waals surface area contributed by atoms with E-state index in [-0.39, 0.29) is 5.91 Å². The Hall–Kier alpha value is -2.18. The lowest BCUT2D eigenvalue weighted by Crippen LogP contribution is -2.49. The maximum atomic E-state index is 13.0. The fraction of sp³-hybridized carbons (Fsp3) is 0.480. The van der Waals surface area contributed by atoms with Crippen molar-refractivity contribution in [2.75, 3.05) is 31.1 Å². The Bertz CT molecular complexity index is 1200. The lowest BCUT2D eigenvalue weighted by molar-refractivity contribution is 0.0746. The summed E-state index contributed by atoms with van der Waals surface area (Å²) in [4.78, 5) is 30.1. The van der Waals surface area contributed by atoms with Crippen molar-refractivity contribution in [3.63, 3.8) is 0 Å². The molecule has 2 fully saturated rings. The van der Waals surface area contributed by atoms with E-state index in [0.717, 1.165) is 43.5 Å². The zero-order chi connectivity index (χ0) is 21.8. The van der Waals surface area contributed by atoms with Crippen LogP contribution in [0.25, 0.3) is 10.2 Å². The highest BCUT2D eigenvalue weighted by Crippen LogP contribution is 2.44. The minimum Gasteiger partial charge on any atom is -0.352 e. The van der Waals surface area contributed by atoms with Crippen LogP contribution in [0, 0.1) is 5.92 Å². The molecule has 1 aliphatic heterocycles. The van der Waals surface area contributed by atoms with Crippen molar-refractivity contribution >= 4 is 44.9 Å². The summed E-state index contributed by atoms with van der Waals surface area (Å²) in [5.41, 5.74) is 2.14. The average molecular weight is 467 g/mol. The van der Waals surface area contributed by atoms with Gasteiger partial charge in [0, 0.05) is 47.6 Å². The number of halogens is 1. The third-order valence-corrected chi connectivity index (χ3v) is 8.42. The molecular weight excluding hydrogens is 440 g/mol. The number of aromatic nitrogens is 2. The van der Waals surface area contributed by atoms with Crippen molar-refractivity contribution in [2.45, 2.75) is 44.9 Å². The SMILES string of the molecule is CC1CCc2c(sc3nc(C4CC4)nc(N4CCN(C(=O)c5cccc(Cl)c5)CC4)c23)C1. The Morgan fingerprint density at radius 1 is 1.12 bits per heavy atom. The number of anilines is 1. The summed E-state index contributed by atoms with van der Waals surface area (Å²) in [5.74, 6) is 3.47. The predicted molar refractivity (Wildman–Crippen MR) is 130 cm³/mol. The summed E-state index contributed by atoms with van der Waals surface area (Å²) in [6.45, 7) is 5.33. The van der Waals surface area contributed by atoms with Crippen LogP contribution in [0.5, 0.6) is 0 Å². The van der Waals surface area contributed by atoms with Gasteiger partial charge in [0.2, 0.25) is 0 Å². The maximum absolute atomic E-state index is 13.0. The van der Waals surface area contributed by atoms with Gasteiger partial charge in [-0.25, -0.2) is 9.97 Å². The Kier molecular flexibility index (Phi) is 5.10. The molecule has 1 saturated carbocycles. The molecule has 32 heavy (non-hydrogen) atoms. The van der Waals surface area contributed by atoms with Gasteiger partial charge in [-0.1, -0.05) is 24.6 Å². The topological polar surface area (TPSA) is 49.3 Å². The van der Waals surface area contributed by atoms with Crippen LogP contribution in [-0.4, -0.2) is 47.0 Å². The number of hydrogen-bond acceptors (Lipinski definition) is 5. The molecule has 1 atom stereocenters. The molecule has 0 bridgehead atoms. The fourth-order valence-electron chi connectivity index (χ4n) is 5.02. The number of carbonyl (C=O) groups is 1. The van der Waals surface area contributed by atoms with Crippen LogP contribution in [0.3, 0.4) is 0 Å². The van der Waals surface area contributed by atoms with Crippen LogP contribution in [0.4, 0.5) is 5.82 Å². The average Bonchev–Trinajstić information content (AvgIpc) is 3.59. The van der Waals surface area contributed by atoms with E-state index in [1.807, 2.05) is 28.4 Å². The number of amides is 1. The van der Waals surface area contributed by atoms with E-state index < -0.39 is 0 Å². The second-order valence-corrected chi connectivity index (χ2v) is 11.0. The molecule has 6 rings (SSSR count). The number of hydrogen-bond donors (Lipinski definition) is 0. The second kappa shape index (κ2) is 7.99. The first-order chi connectivity index (χ1) is 15.6. The summed E-state index contributed by atoms with van der Waals surface area (Å²) in [6.07, 6.45) is 5.94. The normalized spacial score (nSPS) is 21.1. The summed E-state index contributed by atoms with van der Waals surface area (Å²) >= 11 is 7.99. The molecular formula is C25H27ClN4OS. The third-order valence-electron chi connectivity index (χ3n) is 7.03. The van der Waals surface area contributed by atoms with Crippen LogP contribution in [-0.2, 0) is 12.8 Å². The van der Waals surface area contributed by atoms with Crippen molar-refractivity contribution in [2.24, 2.45) is 5.92 Å². The summed E-state index contributed by atoms with van der Waals surface area (Å²) < 4.78 is 0. The van der Waals surface area contributed by atoms with E-state index in [0.29, 0.717) is 29.6 Å². The molecule has 2 aromatic heterocycles. The van der Waals surface area contributed by atoms with Gasteiger partial charge in [0.05, 0.1) is 5.39 Å². The van der Waals surface area contributed by atoms with Crippen molar-refractivity contribution in [3.8, 4) is 0 Å². The van der Waals surface area contributed by atoms with E-state index in [9.17, 15) is 4.79 Å². The molecule has 0 radical (unpaired) electrons. The largest absolute Gasteiger partial charge is 0.352 e. The van der Waals surface area contributed by atoms with Crippen molar-refractivity contribution in [1.82, 2.24) is 14.9 Å². The fourth-order valence-corrected chi connectivity index (χ4v) is 6.59. The number of nitrogens with zero attached hydrogens (tertiary/aromatic N) is 4. The smallest absolute Gasteiger partial charge is 0.254 e. The van der Waals surface area contributed by atoms with Gasteiger partial charge < -0.3 is 9.80 Å². The highest BCUT2D eigenvalue weighted by atomic mass is 35.5. The van der Waals surface area contributed by atoms with Gasteiger partial charge in [-0.3, -0.25) is 4.79 Å². The minimum atomic E-state index is 0.0561. The van der Waals surface area contributed by atoms with E-state index in [1.165, 1.54) is 39.9 Å². The first-order valence-electron chi connectivity index (χ1n) is 11.7. The first-order valence-corrected chi connectivity index (χ1v) is 12.9. The van der Waals surface area contributed by atoms with E-state index in [4.69, 9.17) is 21.6 Å². The van der Waals surface area contributed by atoms with Gasteiger partial charge in [-0.05, 0) is 61.8 Å². The Labute approximate surface area is 197 Å². The van der Waals surface area contributed by atoms with Gasteiger partial charge in [-0.2, -0.15) is 0 Å². The Balaban J connectivity index is 1.30. The number of aryl methyl sites for hydroxylation is 1. The van der Waals surface area contributed by atoms with Gasteiger partial charge >= 0.3 is 0 Å². The van der Waals surface area contributed by atoms with Gasteiger partial charge in [0.1, 0.15) is 16.5 Å². The first kappa shape index (κ1) is 20.4. The minimum absolute atomic E-state index is 0.0561. The summed E-state index contributed by atoms with van der Waals surface area (Å²) in [5, 5.41) is 1.89. The molecule has 0 N–H and O–H groups in total. The zero-order valence-corrected chi connectivity index (χ0v) is 19.9. The van der Waals surface area contributed by atoms with Gasteiger partial charge in [-0.15, -0.1) is 11.3 Å². The predicted octanol–water partition coefficient (Wildman–Crippen LogP) is 5.31. The van der Waals surface area contributed by atoms with Gasteiger partial charge in [0.25, 0.3) is 5.91 Å². The molecule has 2 aliphatic carbocycles. The zero-order valence-electron chi connectivity index (χ0n) is 18.3. The highest BCUT2D eigenvalue weighted by molar-refractivity contribution is 7.19. The monoisotopic (exact) mass is 466 g/mol. The van der Waals surface area contributed by atoms with Crippen LogP contribution < -0.4 is 4.90 Å². The number of fused-ring (bicyclic) bond motifs is 3.